The summed E-state index contributed by atoms with van der Waals surface area (Å²) in [5, 5.41) is 0. The van der Waals surface area contributed by atoms with E-state index in [0.29, 0.717) is 18.9 Å². The number of hydrogen-bond donors (Lipinski definition) is 1. The van der Waals surface area contributed by atoms with Crippen LogP contribution in [-0.4, -0.2) is 18.6 Å². The lowest BCUT2D eigenvalue weighted by molar-refractivity contribution is -0.145. The Kier molecular flexibility index (Phi) is 18.6. The fourth-order valence-electron chi connectivity index (χ4n) is 2.47. The van der Waals surface area contributed by atoms with E-state index < -0.39 is 6.04 Å². The first kappa shape index (κ1) is 24.0. The number of carbonyl (C=O) groups excluding carboxylic acids is 1. The fraction of sp³-hybridized carbons (Fsp3) is 0.944. The molecule has 0 fully saturated rings. The lowest BCUT2D eigenvalue weighted by Gasteiger charge is -2.13. The zero-order valence-corrected chi connectivity index (χ0v) is 15.8. The Hall–Kier alpha value is -0.280. The van der Waals surface area contributed by atoms with E-state index in [1.54, 1.807) is 0 Å². The van der Waals surface area contributed by atoms with Gasteiger partial charge in [-0.25, -0.2) is 0 Å². The molecule has 0 saturated heterocycles. The van der Waals surface area contributed by atoms with E-state index in [9.17, 15) is 4.79 Å². The Balaban J connectivity index is 0. The monoisotopic (exact) mass is 335 g/mol. The van der Waals surface area contributed by atoms with Crippen molar-refractivity contribution in [3.8, 4) is 0 Å². The molecule has 0 aliphatic carbocycles. The molecule has 0 unspecified atom stereocenters. The van der Waals surface area contributed by atoms with Crippen molar-refractivity contribution in [2.45, 2.75) is 97.4 Å². The van der Waals surface area contributed by atoms with Crippen molar-refractivity contribution in [2.24, 2.45) is 11.7 Å². The second kappa shape index (κ2) is 17.1. The number of hydrogen-bond acceptors (Lipinski definition) is 3. The lowest BCUT2D eigenvalue weighted by atomic mass is 10.0. The second-order valence-corrected chi connectivity index (χ2v) is 6.59. The van der Waals surface area contributed by atoms with Crippen molar-refractivity contribution in [3.05, 3.63) is 0 Å². The van der Waals surface area contributed by atoms with E-state index in [2.05, 4.69) is 20.8 Å². The van der Waals surface area contributed by atoms with E-state index in [0.717, 1.165) is 12.8 Å². The summed E-state index contributed by atoms with van der Waals surface area (Å²) in [5.41, 5.74) is 5.77. The molecule has 4 heteroatoms. The van der Waals surface area contributed by atoms with E-state index in [1.807, 2.05) is 0 Å². The quantitative estimate of drug-likeness (QED) is 0.348. The van der Waals surface area contributed by atoms with Crippen LogP contribution in [0.2, 0.25) is 0 Å². The smallest absolute Gasteiger partial charge is 0.322 e. The standard InChI is InChI=1S/C18H37NO2.ClH/c1-4-5-6-7-8-9-10-11-12-13-14-21-18(20)17(19)15-16(2)3;/h16-17H,4-15,19H2,1-3H3;1H/t17-;/m0./s1. The van der Waals surface area contributed by atoms with Crippen LogP contribution in [0.4, 0.5) is 0 Å². The number of esters is 1. The Morgan fingerprint density at radius 3 is 1.82 bits per heavy atom. The molecule has 0 aromatic carbocycles. The number of halogens is 1. The van der Waals surface area contributed by atoms with Gasteiger partial charge in [-0.15, -0.1) is 12.4 Å². The van der Waals surface area contributed by atoms with Crippen molar-refractivity contribution < 1.29 is 9.53 Å². The minimum absolute atomic E-state index is 0. The van der Waals surface area contributed by atoms with E-state index in [4.69, 9.17) is 10.5 Å². The van der Waals surface area contributed by atoms with Gasteiger partial charge in [-0.2, -0.15) is 0 Å². The molecule has 0 spiro atoms. The molecule has 0 aromatic rings. The van der Waals surface area contributed by atoms with Gasteiger partial charge in [-0.1, -0.05) is 78.6 Å². The number of nitrogens with two attached hydrogens (primary N) is 1. The summed E-state index contributed by atoms with van der Waals surface area (Å²) >= 11 is 0. The summed E-state index contributed by atoms with van der Waals surface area (Å²) in [6.07, 6.45) is 13.6. The Morgan fingerprint density at radius 1 is 0.909 bits per heavy atom. The molecule has 0 amide bonds. The van der Waals surface area contributed by atoms with Crippen molar-refractivity contribution in [1.82, 2.24) is 0 Å². The van der Waals surface area contributed by atoms with Crippen LogP contribution in [-0.2, 0) is 9.53 Å². The van der Waals surface area contributed by atoms with Crippen molar-refractivity contribution in [1.29, 1.82) is 0 Å². The van der Waals surface area contributed by atoms with Crippen LogP contribution in [0.5, 0.6) is 0 Å². The molecular weight excluding hydrogens is 298 g/mol. The van der Waals surface area contributed by atoms with Gasteiger partial charge in [0.25, 0.3) is 0 Å². The molecule has 0 aromatic heterocycles. The maximum atomic E-state index is 11.6. The first-order valence-electron chi connectivity index (χ1n) is 9.00. The molecule has 22 heavy (non-hydrogen) atoms. The molecule has 0 radical (unpaired) electrons. The van der Waals surface area contributed by atoms with Crippen LogP contribution in [0.25, 0.3) is 0 Å². The highest BCUT2D eigenvalue weighted by molar-refractivity contribution is 5.85. The summed E-state index contributed by atoms with van der Waals surface area (Å²) in [7, 11) is 0. The van der Waals surface area contributed by atoms with Gasteiger partial charge < -0.3 is 10.5 Å². The van der Waals surface area contributed by atoms with Gasteiger partial charge >= 0.3 is 5.97 Å². The van der Waals surface area contributed by atoms with Gasteiger partial charge in [-0.05, 0) is 18.8 Å². The van der Waals surface area contributed by atoms with Gasteiger partial charge in [0.05, 0.1) is 6.61 Å². The fourth-order valence-corrected chi connectivity index (χ4v) is 2.47. The third kappa shape index (κ3) is 16.1. The van der Waals surface area contributed by atoms with Gasteiger partial charge in [0.2, 0.25) is 0 Å². The molecule has 134 valence electrons. The first-order chi connectivity index (χ1) is 10.1. The van der Waals surface area contributed by atoms with Gasteiger partial charge in [0, 0.05) is 0 Å². The van der Waals surface area contributed by atoms with Crippen LogP contribution in [0.15, 0.2) is 0 Å². The summed E-state index contributed by atoms with van der Waals surface area (Å²) in [6, 6.07) is -0.451. The summed E-state index contributed by atoms with van der Waals surface area (Å²) < 4.78 is 5.21. The molecule has 0 aliphatic heterocycles. The largest absolute Gasteiger partial charge is 0.465 e. The molecule has 0 saturated carbocycles. The number of carbonyl (C=O) groups is 1. The van der Waals surface area contributed by atoms with Crippen molar-refractivity contribution >= 4 is 18.4 Å². The number of unbranched alkanes of at least 4 members (excludes halogenated alkanes) is 9. The predicted octanol–water partition coefficient (Wildman–Crippen LogP) is 5.25. The number of ether oxygens (including phenoxy) is 1. The first-order valence-corrected chi connectivity index (χ1v) is 9.00. The van der Waals surface area contributed by atoms with Crippen LogP contribution in [0.3, 0.4) is 0 Å². The van der Waals surface area contributed by atoms with Crippen molar-refractivity contribution in [2.75, 3.05) is 6.61 Å². The molecule has 0 heterocycles. The molecule has 0 bridgehead atoms. The third-order valence-electron chi connectivity index (χ3n) is 3.77. The highest BCUT2D eigenvalue weighted by Crippen LogP contribution is 2.10. The molecule has 2 N–H and O–H groups in total. The third-order valence-corrected chi connectivity index (χ3v) is 3.77. The van der Waals surface area contributed by atoms with E-state index in [1.165, 1.54) is 51.4 Å². The van der Waals surface area contributed by atoms with E-state index in [-0.39, 0.29) is 18.4 Å². The zero-order chi connectivity index (χ0) is 15.9. The van der Waals surface area contributed by atoms with Crippen molar-refractivity contribution in [3.63, 3.8) is 0 Å². The predicted molar refractivity (Wildman–Crippen MR) is 97.5 cm³/mol. The topological polar surface area (TPSA) is 52.3 Å². The minimum atomic E-state index is -0.451. The highest BCUT2D eigenvalue weighted by Gasteiger charge is 2.15. The SMILES string of the molecule is CCCCCCCCCCCCOC(=O)[C@@H](N)CC(C)C.Cl. The molecule has 0 aliphatic rings. The van der Waals surface area contributed by atoms with Crippen LogP contribution >= 0.6 is 12.4 Å². The second-order valence-electron chi connectivity index (χ2n) is 6.59. The van der Waals surface area contributed by atoms with Crippen LogP contribution < -0.4 is 5.73 Å². The summed E-state index contributed by atoms with van der Waals surface area (Å²) in [6.45, 7) is 6.91. The average Bonchev–Trinajstić information content (AvgIpc) is 2.43. The summed E-state index contributed by atoms with van der Waals surface area (Å²) in [5.74, 6) is 0.199. The maximum absolute atomic E-state index is 11.6. The normalized spacial score (nSPS) is 12.0. The Bertz CT molecular complexity index is 247. The van der Waals surface area contributed by atoms with Gasteiger partial charge in [-0.3, -0.25) is 4.79 Å². The zero-order valence-electron chi connectivity index (χ0n) is 14.9. The van der Waals surface area contributed by atoms with E-state index >= 15 is 0 Å². The Morgan fingerprint density at radius 2 is 1.36 bits per heavy atom. The van der Waals surface area contributed by atoms with Gasteiger partial charge in [0.15, 0.2) is 0 Å². The lowest BCUT2D eigenvalue weighted by Crippen LogP contribution is -2.33. The number of rotatable bonds is 14. The molecular formula is C18H38ClNO2. The molecule has 0 rings (SSSR count). The van der Waals surface area contributed by atoms with Crippen LogP contribution in [0.1, 0.15) is 91.4 Å². The Labute approximate surface area is 144 Å². The molecule has 3 nitrogen and oxygen atoms in total. The highest BCUT2D eigenvalue weighted by atomic mass is 35.5. The minimum Gasteiger partial charge on any atom is -0.465 e. The molecule has 1 atom stereocenters. The average molecular weight is 336 g/mol. The van der Waals surface area contributed by atoms with Gasteiger partial charge in [0.1, 0.15) is 6.04 Å². The van der Waals surface area contributed by atoms with Crippen LogP contribution in [0, 0.1) is 5.92 Å². The summed E-state index contributed by atoms with van der Waals surface area (Å²) in [4.78, 5) is 11.6. The maximum Gasteiger partial charge on any atom is 0.322 e.